The van der Waals surface area contributed by atoms with Gasteiger partial charge in [0.05, 0.1) is 0 Å². The SMILES string of the molecule is CN(C(=O)[C@H]1C[C@H]1c1cccc(Br)c1)c1nccs1. The number of halogens is 1. The minimum absolute atomic E-state index is 0.100. The summed E-state index contributed by atoms with van der Waals surface area (Å²) in [5.74, 6) is 0.621. The molecule has 3 nitrogen and oxygen atoms in total. The first-order valence-corrected chi connectivity index (χ1v) is 7.76. The van der Waals surface area contributed by atoms with E-state index >= 15 is 0 Å². The van der Waals surface area contributed by atoms with E-state index in [-0.39, 0.29) is 11.8 Å². The van der Waals surface area contributed by atoms with E-state index in [1.54, 1.807) is 18.1 Å². The quantitative estimate of drug-likeness (QED) is 0.856. The van der Waals surface area contributed by atoms with Gasteiger partial charge in [-0.3, -0.25) is 9.69 Å². The van der Waals surface area contributed by atoms with Crippen LogP contribution in [0, 0.1) is 5.92 Å². The van der Waals surface area contributed by atoms with Crippen molar-refractivity contribution in [2.75, 3.05) is 11.9 Å². The van der Waals surface area contributed by atoms with Crippen molar-refractivity contribution >= 4 is 38.3 Å². The first kappa shape index (κ1) is 12.8. The highest BCUT2D eigenvalue weighted by Crippen LogP contribution is 2.49. The lowest BCUT2D eigenvalue weighted by atomic mass is 10.1. The normalized spacial score (nSPS) is 21.2. The Morgan fingerprint density at radius 3 is 3.05 bits per heavy atom. The minimum Gasteiger partial charge on any atom is -0.291 e. The number of carbonyl (C=O) groups excluding carboxylic acids is 1. The van der Waals surface area contributed by atoms with E-state index in [4.69, 9.17) is 0 Å². The monoisotopic (exact) mass is 336 g/mol. The van der Waals surface area contributed by atoms with Gasteiger partial charge in [-0.05, 0) is 30.0 Å². The van der Waals surface area contributed by atoms with Gasteiger partial charge in [-0.1, -0.05) is 28.1 Å². The summed E-state index contributed by atoms with van der Waals surface area (Å²) in [5.41, 5.74) is 1.24. The van der Waals surface area contributed by atoms with Crippen LogP contribution in [0.5, 0.6) is 0 Å². The van der Waals surface area contributed by atoms with Crippen molar-refractivity contribution in [2.45, 2.75) is 12.3 Å². The highest BCUT2D eigenvalue weighted by Gasteiger charge is 2.45. The van der Waals surface area contributed by atoms with Crippen LogP contribution in [0.3, 0.4) is 0 Å². The van der Waals surface area contributed by atoms with Gasteiger partial charge in [0.1, 0.15) is 0 Å². The van der Waals surface area contributed by atoms with Gasteiger partial charge in [0, 0.05) is 29.0 Å². The van der Waals surface area contributed by atoms with Gasteiger partial charge >= 0.3 is 0 Å². The summed E-state index contributed by atoms with van der Waals surface area (Å²) in [6.45, 7) is 0. The molecule has 0 saturated heterocycles. The van der Waals surface area contributed by atoms with E-state index in [9.17, 15) is 4.79 Å². The Bertz CT molecular complexity index is 599. The molecule has 98 valence electrons. The number of nitrogens with zero attached hydrogens (tertiary/aromatic N) is 2. The van der Waals surface area contributed by atoms with Crippen molar-refractivity contribution < 1.29 is 4.79 Å². The zero-order chi connectivity index (χ0) is 13.4. The number of hydrogen-bond donors (Lipinski definition) is 0. The predicted octanol–water partition coefficient (Wildman–Crippen LogP) is 3.67. The molecule has 3 rings (SSSR count). The highest BCUT2D eigenvalue weighted by atomic mass is 79.9. The van der Waals surface area contributed by atoms with E-state index in [1.165, 1.54) is 16.9 Å². The third-order valence-electron chi connectivity index (χ3n) is 3.42. The third-order valence-corrected chi connectivity index (χ3v) is 4.76. The molecule has 0 radical (unpaired) electrons. The van der Waals surface area contributed by atoms with E-state index in [1.807, 2.05) is 17.5 Å². The van der Waals surface area contributed by atoms with Crippen LogP contribution in [0.15, 0.2) is 40.3 Å². The van der Waals surface area contributed by atoms with Crippen LogP contribution in [-0.2, 0) is 4.79 Å². The minimum atomic E-state index is 0.100. The maximum Gasteiger partial charge on any atom is 0.232 e. The predicted molar refractivity (Wildman–Crippen MR) is 80.5 cm³/mol. The summed E-state index contributed by atoms with van der Waals surface area (Å²) in [4.78, 5) is 18.2. The molecule has 1 amide bonds. The molecule has 1 fully saturated rings. The summed E-state index contributed by atoms with van der Waals surface area (Å²) >= 11 is 4.96. The molecule has 1 heterocycles. The van der Waals surface area contributed by atoms with E-state index in [0.717, 1.165) is 16.0 Å². The molecule has 19 heavy (non-hydrogen) atoms. The highest BCUT2D eigenvalue weighted by molar-refractivity contribution is 9.10. The molecule has 2 atom stereocenters. The lowest BCUT2D eigenvalue weighted by molar-refractivity contribution is -0.119. The fourth-order valence-corrected chi connectivity index (χ4v) is 3.33. The van der Waals surface area contributed by atoms with Crippen LogP contribution < -0.4 is 4.90 Å². The molecular weight excluding hydrogens is 324 g/mol. The van der Waals surface area contributed by atoms with Crippen molar-refractivity contribution in [3.8, 4) is 0 Å². The molecule has 2 aromatic rings. The molecule has 1 aliphatic carbocycles. The molecule has 0 N–H and O–H groups in total. The van der Waals surface area contributed by atoms with Crippen molar-refractivity contribution in [2.24, 2.45) is 5.92 Å². The standard InChI is InChI=1S/C14H13BrN2OS/c1-17(14-16-5-6-19-14)13(18)12-8-11(12)9-3-2-4-10(15)7-9/h2-7,11-12H,8H2,1H3/t11-,12-/m0/s1. The van der Waals surface area contributed by atoms with Crippen LogP contribution in [0.2, 0.25) is 0 Å². The van der Waals surface area contributed by atoms with Crippen LogP contribution in [0.4, 0.5) is 5.13 Å². The first-order valence-electron chi connectivity index (χ1n) is 6.09. The van der Waals surface area contributed by atoms with Gasteiger partial charge in [0.15, 0.2) is 5.13 Å². The number of anilines is 1. The van der Waals surface area contributed by atoms with E-state index in [0.29, 0.717) is 5.92 Å². The number of hydrogen-bond acceptors (Lipinski definition) is 3. The van der Waals surface area contributed by atoms with Crippen LogP contribution in [-0.4, -0.2) is 17.9 Å². The van der Waals surface area contributed by atoms with Crippen molar-refractivity contribution in [1.29, 1.82) is 0 Å². The van der Waals surface area contributed by atoms with Crippen molar-refractivity contribution in [3.63, 3.8) is 0 Å². The number of aromatic nitrogens is 1. The summed E-state index contributed by atoms with van der Waals surface area (Å²) in [6.07, 6.45) is 2.66. The van der Waals surface area contributed by atoms with Gasteiger partial charge in [0.2, 0.25) is 5.91 Å². The Hall–Kier alpha value is -1.20. The number of thiazole rings is 1. The molecule has 0 unspecified atom stereocenters. The number of rotatable bonds is 3. The van der Waals surface area contributed by atoms with Gasteiger partial charge in [-0.15, -0.1) is 11.3 Å². The fraction of sp³-hybridized carbons (Fsp3) is 0.286. The van der Waals surface area contributed by atoms with Gasteiger partial charge in [0.25, 0.3) is 0 Å². The second-order valence-electron chi connectivity index (χ2n) is 4.72. The molecule has 5 heteroatoms. The molecule has 0 spiro atoms. The average Bonchev–Trinajstić information content (AvgIpc) is 3.02. The Morgan fingerprint density at radius 1 is 1.53 bits per heavy atom. The molecule has 1 saturated carbocycles. The van der Waals surface area contributed by atoms with Gasteiger partial charge < -0.3 is 0 Å². The Labute approximate surface area is 124 Å². The van der Waals surface area contributed by atoms with Gasteiger partial charge in [-0.2, -0.15) is 0 Å². The van der Waals surface area contributed by atoms with E-state index in [2.05, 4.69) is 33.0 Å². The molecule has 1 aromatic carbocycles. The fourth-order valence-electron chi connectivity index (χ4n) is 2.30. The largest absolute Gasteiger partial charge is 0.291 e. The lowest BCUT2D eigenvalue weighted by Gasteiger charge is -2.13. The maximum atomic E-state index is 12.4. The van der Waals surface area contributed by atoms with Gasteiger partial charge in [-0.25, -0.2) is 4.98 Å². The smallest absolute Gasteiger partial charge is 0.232 e. The van der Waals surface area contributed by atoms with Crippen LogP contribution in [0.25, 0.3) is 0 Å². The van der Waals surface area contributed by atoms with Crippen LogP contribution in [0.1, 0.15) is 17.9 Å². The lowest BCUT2D eigenvalue weighted by Crippen LogP contribution is -2.28. The molecule has 0 bridgehead atoms. The second-order valence-corrected chi connectivity index (χ2v) is 6.50. The summed E-state index contributed by atoms with van der Waals surface area (Å²) in [5, 5.41) is 2.66. The number of carbonyl (C=O) groups is 1. The van der Waals surface area contributed by atoms with E-state index < -0.39 is 0 Å². The summed E-state index contributed by atoms with van der Waals surface area (Å²) in [7, 11) is 1.80. The van der Waals surface area contributed by atoms with Crippen molar-refractivity contribution in [3.05, 3.63) is 45.9 Å². The summed E-state index contributed by atoms with van der Waals surface area (Å²) < 4.78 is 1.07. The maximum absolute atomic E-state index is 12.4. The Kier molecular flexibility index (Phi) is 3.41. The zero-order valence-electron chi connectivity index (χ0n) is 10.4. The third kappa shape index (κ3) is 2.58. The average molecular weight is 337 g/mol. The van der Waals surface area contributed by atoms with Crippen LogP contribution >= 0.6 is 27.3 Å². The second kappa shape index (κ2) is 5.06. The zero-order valence-corrected chi connectivity index (χ0v) is 12.8. The summed E-state index contributed by atoms with van der Waals surface area (Å²) in [6, 6.07) is 8.21. The van der Waals surface area contributed by atoms with Crippen molar-refractivity contribution in [1.82, 2.24) is 4.98 Å². The molecule has 1 aromatic heterocycles. The topological polar surface area (TPSA) is 33.2 Å². The first-order chi connectivity index (χ1) is 9.16. The Morgan fingerprint density at radius 2 is 2.37 bits per heavy atom. The molecule has 0 aliphatic heterocycles. The molecular formula is C14H13BrN2OS. The molecule has 1 aliphatic rings. The number of amides is 1. The number of benzene rings is 1. The Balaban J connectivity index is 1.71.